The lowest BCUT2D eigenvalue weighted by molar-refractivity contribution is -0.0625. The van der Waals surface area contributed by atoms with Crippen molar-refractivity contribution in [3.63, 3.8) is 0 Å². The lowest BCUT2D eigenvalue weighted by Gasteiger charge is -2.52. The Bertz CT molecular complexity index is 448. The van der Waals surface area contributed by atoms with Gasteiger partial charge in [0.15, 0.2) is 0 Å². The monoisotopic (exact) mass is 259 g/mol. The molecule has 0 aliphatic heterocycles. The second-order valence-corrected chi connectivity index (χ2v) is 6.58. The van der Waals surface area contributed by atoms with Crippen molar-refractivity contribution in [3.05, 3.63) is 29.8 Å². The third-order valence-corrected chi connectivity index (χ3v) is 5.19. The molecule has 19 heavy (non-hydrogen) atoms. The molecule has 2 unspecified atom stereocenters. The molecular weight excluding hydrogens is 234 g/mol. The maximum Gasteiger partial charge on any atom is 0.123 e. The van der Waals surface area contributed by atoms with Crippen molar-refractivity contribution in [1.29, 1.82) is 0 Å². The normalized spacial score (nSPS) is 28.6. The first-order valence-electron chi connectivity index (χ1n) is 7.64. The highest BCUT2D eigenvalue weighted by Gasteiger charge is 2.56. The molecule has 1 aromatic rings. The van der Waals surface area contributed by atoms with Gasteiger partial charge in [0.1, 0.15) is 11.9 Å². The summed E-state index contributed by atoms with van der Waals surface area (Å²) in [5.74, 6) is 1.57. The summed E-state index contributed by atoms with van der Waals surface area (Å²) in [4.78, 5) is 0. The van der Waals surface area contributed by atoms with Crippen molar-refractivity contribution in [2.75, 3.05) is 0 Å². The van der Waals surface area contributed by atoms with Crippen LogP contribution in [-0.4, -0.2) is 12.1 Å². The maximum atomic E-state index is 6.37. The average molecular weight is 259 g/mol. The highest BCUT2D eigenvalue weighted by molar-refractivity contribution is 5.36. The number of ether oxygens (including phenoxy) is 1. The van der Waals surface area contributed by atoms with Gasteiger partial charge in [0.2, 0.25) is 0 Å². The zero-order chi connectivity index (χ0) is 13.5. The third kappa shape index (κ3) is 2.06. The highest BCUT2D eigenvalue weighted by atomic mass is 16.5. The molecular formula is C17H25NO. The van der Waals surface area contributed by atoms with Crippen molar-refractivity contribution >= 4 is 0 Å². The van der Waals surface area contributed by atoms with Gasteiger partial charge in [-0.15, -0.1) is 0 Å². The smallest absolute Gasteiger partial charge is 0.123 e. The van der Waals surface area contributed by atoms with Gasteiger partial charge in [-0.1, -0.05) is 44.9 Å². The Morgan fingerprint density at radius 1 is 1.21 bits per heavy atom. The first kappa shape index (κ1) is 13.0. The maximum absolute atomic E-state index is 6.37. The summed E-state index contributed by atoms with van der Waals surface area (Å²) < 4.78 is 6.37. The van der Waals surface area contributed by atoms with Crippen molar-refractivity contribution in [3.8, 4) is 5.75 Å². The quantitative estimate of drug-likeness (QED) is 0.895. The van der Waals surface area contributed by atoms with Gasteiger partial charge in [-0.05, 0) is 30.4 Å². The van der Waals surface area contributed by atoms with Crippen LogP contribution in [0.1, 0.15) is 57.4 Å². The van der Waals surface area contributed by atoms with Crippen LogP contribution >= 0.6 is 0 Å². The molecule has 1 spiro atoms. The summed E-state index contributed by atoms with van der Waals surface area (Å²) in [5, 5.41) is 0. The lowest BCUT2D eigenvalue weighted by atomic mass is 9.61. The van der Waals surface area contributed by atoms with Gasteiger partial charge >= 0.3 is 0 Å². The number of hydrogen-bond acceptors (Lipinski definition) is 2. The molecule has 1 aromatic carbocycles. The number of hydrogen-bond donors (Lipinski definition) is 1. The van der Waals surface area contributed by atoms with E-state index in [-0.39, 0.29) is 5.41 Å². The van der Waals surface area contributed by atoms with E-state index in [2.05, 4.69) is 38.1 Å². The Hall–Kier alpha value is -1.02. The van der Waals surface area contributed by atoms with Crippen LogP contribution in [0.2, 0.25) is 0 Å². The fraction of sp³-hybridized carbons (Fsp3) is 0.647. The fourth-order valence-corrected chi connectivity index (χ4v) is 3.89. The molecule has 0 radical (unpaired) electrons. The van der Waals surface area contributed by atoms with Crippen LogP contribution in [0, 0.1) is 5.41 Å². The molecule has 0 heterocycles. The van der Waals surface area contributed by atoms with E-state index < -0.39 is 0 Å². The molecule has 0 aromatic heterocycles. The van der Waals surface area contributed by atoms with Crippen LogP contribution in [-0.2, 0) is 0 Å². The predicted molar refractivity (Wildman–Crippen MR) is 78.4 cm³/mol. The van der Waals surface area contributed by atoms with Gasteiger partial charge in [0, 0.05) is 17.9 Å². The van der Waals surface area contributed by atoms with Crippen LogP contribution in [0.25, 0.3) is 0 Å². The van der Waals surface area contributed by atoms with E-state index in [1.54, 1.807) is 0 Å². The van der Waals surface area contributed by atoms with Gasteiger partial charge in [-0.3, -0.25) is 0 Å². The van der Waals surface area contributed by atoms with Crippen molar-refractivity contribution in [2.45, 2.75) is 64.0 Å². The standard InChI is InChI=1S/C17H25NO/c1-12(2)13-7-3-4-8-14(13)19-16-11-15(18)17(16)9-5-6-10-17/h3-4,7-8,12,15-16H,5-6,9-11,18H2,1-2H3. The zero-order valence-corrected chi connectivity index (χ0v) is 12.1. The zero-order valence-electron chi connectivity index (χ0n) is 12.1. The molecule has 0 saturated heterocycles. The minimum absolute atomic E-state index is 0.282. The van der Waals surface area contributed by atoms with Crippen LogP contribution in [0.3, 0.4) is 0 Å². The number of benzene rings is 1. The Morgan fingerprint density at radius 2 is 1.89 bits per heavy atom. The topological polar surface area (TPSA) is 35.2 Å². The molecule has 2 aliphatic rings. The molecule has 104 valence electrons. The predicted octanol–water partition coefficient (Wildman–Crippen LogP) is 3.85. The third-order valence-electron chi connectivity index (χ3n) is 5.19. The van der Waals surface area contributed by atoms with E-state index in [0.29, 0.717) is 18.1 Å². The first-order valence-corrected chi connectivity index (χ1v) is 7.64. The number of para-hydroxylation sites is 1. The minimum atomic E-state index is 0.282. The molecule has 2 atom stereocenters. The van der Waals surface area contributed by atoms with Gasteiger partial charge in [0.25, 0.3) is 0 Å². The van der Waals surface area contributed by atoms with Gasteiger partial charge < -0.3 is 10.5 Å². The van der Waals surface area contributed by atoms with Crippen LogP contribution in [0.15, 0.2) is 24.3 Å². The minimum Gasteiger partial charge on any atom is -0.489 e. The molecule has 2 fully saturated rings. The SMILES string of the molecule is CC(C)c1ccccc1OC1CC(N)C12CCCC2. The number of nitrogens with two attached hydrogens (primary N) is 1. The van der Waals surface area contributed by atoms with Crippen molar-refractivity contribution in [2.24, 2.45) is 11.1 Å². The summed E-state index contributed by atoms with van der Waals surface area (Å²) in [6.45, 7) is 4.44. The molecule has 0 bridgehead atoms. The van der Waals surface area contributed by atoms with E-state index in [0.717, 1.165) is 12.2 Å². The lowest BCUT2D eigenvalue weighted by Crippen LogP contribution is -2.62. The van der Waals surface area contributed by atoms with Gasteiger partial charge in [0.05, 0.1) is 0 Å². The Morgan fingerprint density at radius 3 is 2.53 bits per heavy atom. The molecule has 2 nitrogen and oxygen atoms in total. The molecule has 2 saturated carbocycles. The largest absolute Gasteiger partial charge is 0.489 e. The number of rotatable bonds is 3. The highest BCUT2D eigenvalue weighted by Crippen LogP contribution is 2.54. The Balaban J connectivity index is 1.79. The van der Waals surface area contributed by atoms with E-state index in [1.165, 1.54) is 31.2 Å². The van der Waals surface area contributed by atoms with Crippen LogP contribution in [0.5, 0.6) is 5.75 Å². The Labute approximate surface area is 116 Å². The molecule has 2 aliphatic carbocycles. The van der Waals surface area contributed by atoms with E-state index in [4.69, 9.17) is 10.5 Å². The molecule has 2 heteroatoms. The van der Waals surface area contributed by atoms with E-state index in [1.807, 2.05) is 0 Å². The summed E-state index contributed by atoms with van der Waals surface area (Å²) in [7, 11) is 0. The van der Waals surface area contributed by atoms with Crippen LogP contribution in [0.4, 0.5) is 0 Å². The van der Waals surface area contributed by atoms with Crippen LogP contribution < -0.4 is 10.5 Å². The summed E-state index contributed by atoms with van der Waals surface area (Å²) in [6.07, 6.45) is 6.50. The van der Waals surface area contributed by atoms with Gasteiger partial charge in [-0.2, -0.15) is 0 Å². The summed E-state index contributed by atoms with van der Waals surface area (Å²) >= 11 is 0. The first-order chi connectivity index (χ1) is 9.13. The average Bonchev–Trinajstić information content (AvgIpc) is 2.91. The van der Waals surface area contributed by atoms with E-state index in [9.17, 15) is 0 Å². The molecule has 2 N–H and O–H groups in total. The van der Waals surface area contributed by atoms with Crippen molar-refractivity contribution < 1.29 is 4.74 Å². The van der Waals surface area contributed by atoms with E-state index >= 15 is 0 Å². The second-order valence-electron chi connectivity index (χ2n) is 6.58. The molecule has 3 rings (SSSR count). The summed E-state index contributed by atoms with van der Waals surface area (Å²) in [5.41, 5.74) is 7.88. The van der Waals surface area contributed by atoms with Crippen molar-refractivity contribution in [1.82, 2.24) is 0 Å². The second kappa shape index (κ2) is 4.82. The fourth-order valence-electron chi connectivity index (χ4n) is 3.89. The Kier molecular flexibility index (Phi) is 3.30. The summed E-state index contributed by atoms with van der Waals surface area (Å²) in [6, 6.07) is 8.81. The van der Waals surface area contributed by atoms with Gasteiger partial charge in [-0.25, -0.2) is 0 Å². The molecule has 0 amide bonds.